The second-order valence-electron chi connectivity index (χ2n) is 9.38. The van der Waals surface area contributed by atoms with Crippen LogP contribution in [0.3, 0.4) is 0 Å². The van der Waals surface area contributed by atoms with Crippen LogP contribution < -0.4 is 14.4 Å². The summed E-state index contributed by atoms with van der Waals surface area (Å²) >= 11 is 0. The fourth-order valence-electron chi connectivity index (χ4n) is 4.90. The van der Waals surface area contributed by atoms with Crippen molar-refractivity contribution in [1.29, 1.82) is 5.26 Å². The van der Waals surface area contributed by atoms with Gasteiger partial charge in [0.15, 0.2) is 11.5 Å². The molecule has 8 heteroatoms. The first kappa shape index (κ1) is 23.8. The summed E-state index contributed by atoms with van der Waals surface area (Å²) in [5.41, 5.74) is 1.66. The number of nitriles is 1. The lowest BCUT2D eigenvalue weighted by Crippen LogP contribution is -2.54. The fraction of sp³-hybridized carbons (Fsp3) is 0.500. The van der Waals surface area contributed by atoms with E-state index in [-0.39, 0.29) is 36.4 Å². The van der Waals surface area contributed by atoms with Crippen molar-refractivity contribution >= 4 is 11.7 Å². The van der Waals surface area contributed by atoms with Crippen LogP contribution >= 0.6 is 0 Å². The van der Waals surface area contributed by atoms with Crippen molar-refractivity contribution in [2.24, 2.45) is 5.41 Å². The summed E-state index contributed by atoms with van der Waals surface area (Å²) < 4.78 is 11.9. The molecular formula is C26H32N4O4. The van der Waals surface area contributed by atoms with Gasteiger partial charge in [0.1, 0.15) is 11.9 Å². The zero-order valence-electron chi connectivity index (χ0n) is 20.0. The SMILES string of the molecule is CCC1(C)CN(C(=O)CCO)CC1c1ccc(OC)c(OC2CN(c3cc(C#N)ccn3)C2)c1. The molecule has 1 amide bonds. The summed E-state index contributed by atoms with van der Waals surface area (Å²) in [5.74, 6) is 2.32. The number of benzene rings is 1. The fourth-order valence-corrected chi connectivity index (χ4v) is 4.90. The summed E-state index contributed by atoms with van der Waals surface area (Å²) in [7, 11) is 1.63. The van der Waals surface area contributed by atoms with Gasteiger partial charge in [-0.25, -0.2) is 4.98 Å². The molecule has 2 fully saturated rings. The molecule has 2 unspecified atom stereocenters. The Morgan fingerprint density at radius 1 is 1.26 bits per heavy atom. The highest BCUT2D eigenvalue weighted by molar-refractivity contribution is 5.77. The maximum atomic E-state index is 12.5. The van der Waals surface area contributed by atoms with Crippen molar-refractivity contribution in [2.75, 3.05) is 44.8 Å². The highest BCUT2D eigenvalue weighted by atomic mass is 16.5. The van der Waals surface area contributed by atoms with E-state index in [0.29, 0.717) is 43.2 Å². The van der Waals surface area contributed by atoms with E-state index in [1.807, 2.05) is 11.0 Å². The van der Waals surface area contributed by atoms with E-state index in [4.69, 9.17) is 14.7 Å². The minimum Gasteiger partial charge on any atom is -0.493 e. The molecule has 0 saturated carbocycles. The van der Waals surface area contributed by atoms with Gasteiger partial charge in [0, 0.05) is 31.6 Å². The number of carbonyl (C=O) groups is 1. The van der Waals surface area contributed by atoms with Gasteiger partial charge in [-0.15, -0.1) is 0 Å². The second-order valence-corrected chi connectivity index (χ2v) is 9.38. The van der Waals surface area contributed by atoms with Crippen LogP contribution in [0.1, 0.15) is 43.7 Å². The predicted molar refractivity (Wildman–Crippen MR) is 128 cm³/mol. The third kappa shape index (κ3) is 4.66. The molecule has 0 aliphatic carbocycles. The van der Waals surface area contributed by atoms with E-state index in [1.165, 1.54) is 0 Å². The van der Waals surface area contributed by atoms with Crippen LogP contribution in [0.25, 0.3) is 0 Å². The predicted octanol–water partition coefficient (Wildman–Crippen LogP) is 2.95. The highest BCUT2D eigenvalue weighted by Gasteiger charge is 2.44. The molecule has 0 spiro atoms. The van der Waals surface area contributed by atoms with E-state index in [1.54, 1.807) is 25.4 Å². The van der Waals surface area contributed by atoms with Crippen LogP contribution in [0, 0.1) is 16.7 Å². The van der Waals surface area contributed by atoms with E-state index >= 15 is 0 Å². The number of ether oxygens (including phenoxy) is 2. The quantitative estimate of drug-likeness (QED) is 0.641. The number of aliphatic hydroxyl groups excluding tert-OH is 1. The minimum atomic E-state index is -0.127. The molecule has 180 valence electrons. The van der Waals surface area contributed by atoms with Crippen LogP contribution in [-0.2, 0) is 4.79 Å². The number of anilines is 1. The summed E-state index contributed by atoms with van der Waals surface area (Å²) in [6.45, 7) is 6.92. The molecule has 2 aliphatic heterocycles. The maximum absolute atomic E-state index is 12.5. The smallest absolute Gasteiger partial charge is 0.224 e. The Balaban J connectivity index is 1.49. The second kappa shape index (κ2) is 9.90. The molecule has 2 aliphatic rings. The van der Waals surface area contributed by atoms with Crippen molar-refractivity contribution in [2.45, 2.75) is 38.7 Å². The molecule has 3 heterocycles. The minimum absolute atomic E-state index is 0.00158. The molecule has 2 atom stereocenters. The number of rotatable bonds is 8. The van der Waals surface area contributed by atoms with E-state index in [2.05, 4.69) is 41.9 Å². The maximum Gasteiger partial charge on any atom is 0.224 e. The number of amides is 1. The van der Waals surface area contributed by atoms with Crippen LogP contribution in [0.2, 0.25) is 0 Å². The van der Waals surface area contributed by atoms with Crippen molar-refractivity contribution < 1.29 is 19.4 Å². The summed E-state index contributed by atoms with van der Waals surface area (Å²) in [4.78, 5) is 20.8. The van der Waals surface area contributed by atoms with Gasteiger partial charge in [0.25, 0.3) is 0 Å². The van der Waals surface area contributed by atoms with Gasteiger partial charge < -0.3 is 24.4 Å². The lowest BCUT2D eigenvalue weighted by molar-refractivity contribution is -0.131. The lowest BCUT2D eigenvalue weighted by atomic mass is 9.74. The monoisotopic (exact) mass is 464 g/mol. The third-order valence-corrected chi connectivity index (χ3v) is 7.21. The Labute approximate surface area is 200 Å². The lowest BCUT2D eigenvalue weighted by Gasteiger charge is -2.40. The molecule has 1 aromatic heterocycles. The van der Waals surface area contributed by atoms with E-state index in [0.717, 1.165) is 17.8 Å². The van der Waals surface area contributed by atoms with E-state index < -0.39 is 0 Å². The Morgan fingerprint density at radius 2 is 2.06 bits per heavy atom. The summed E-state index contributed by atoms with van der Waals surface area (Å²) in [5, 5.41) is 18.3. The number of hydrogen-bond donors (Lipinski definition) is 1. The Kier molecular flexibility index (Phi) is 6.94. The van der Waals surface area contributed by atoms with Gasteiger partial charge in [-0.1, -0.05) is 19.9 Å². The number of methoxy groups -OCH3 is 1. The number of pyridine rings is 1. The number of nitrogens with zero attached hydrogens (tertiary/aromatic N) is 4. The van der Waals surface area contributed by atoms with Crippen LogP contribution in [0.15, 0.2) is 36.5 Å². The topological polar surface area (TPSA) is 98.9 Å². The molecule has 0 radical (unpaired) electrons. The van der Waals surface area contributed by atoms with Gasteiger partial charge in [0.05, 0.1) is 38.4 Å². The molecular weight excluding hydrogens is 432 g/mol. The van der Waals surface area contributed by atoms with Crippen molar-refractivity contribution in [3.63, 3.8) is 0 Å². The largest absolute Gasteiger partial charge is 0.493 e. The average Bonchev–Trinajstić information content (AvgIpc) is 3.19. The van der Waals surface area contributed by atoms with Crippen LogP contribution in [-0.4, -0.2) is 66.9 Å². The number of hydrogen-bond acceptors (Lipinski definition) is 7. The third-order valence-electron chi connectivity index (χ3n) is 7.21. The average molecular weight is 465 g/mol. The zero-order chi connectivity index (χ0) is 24.3. The molecule has 2 saturated heterocycles. The number of likely N-dealkylation sites (tertiary alicyclic amines) is 1. The first-order valence-corrected chi connectivity index (χ1v) is 11.7. The Hall–Kier alpha value is -3.31. The standard InChI is InChI=1S/C26H32N4O4/c1-4-26(2)17-30(25(32)8-10-31)16-21(26)19-5-6-22(33-3)23(12-19)34-20-14-29(15-20)24-11-18(13-27)7-9-28-24/h5-7,9,11-12,20-21,31H,4,8,10,14-17H2,1-3H3. The number of aromatic nitrogens is 1. The first-order valence-electron chi connectivity index (χ1n) is 11.7. The molecule has 8 nitrogen and oxygen atoms in total. The van der Waals surface area contributed by atoms with Gasteiger partial charge in [-0.2, -0.15) is 5.26 Å². The molecule has 4 rings (SSSR count). The Morgan fingerprint density at radius 3 is 2.74 bits per heavy atom. The van der Waals surface area contributed by atoms with Crippen LogP contribution in [0.5, 0.6) is 11.5 Å². The first-order chi connectivity index (χ1) is 16.4. The summed E-state index contributed by atoms with van der Waals surface area (Å²) in [6.07, 6.45) is 2.73. The van der Waals surface area contributed by atoms with Crippen LogP contribution in [0.4, 0.5) is 5.82 Å². The summed E-state index contributed by atoms with van der Waals surface area (Å²) in [6, 6.07) is 11.7. The van der Waals surface area contributed by atoms with Gasteiger partial charge >= 0.3 is 0 Å². The molecule has 34 heavy (non-hydrogen) atoms. The van der Waals surface area contributed by atoms with Crippen molar-refractivity contribution in [3.05, 3.63) is 47.7 Å². The van der Waals surface area contributed by atoms with Gasteiger partial charge in [-0.05, 0) is 41.7 Å². The highest BCUT2D eigenvalue weighted by Crippen LogP contribution is 2.47. The van der Waals surface area contributed by atoms with Gasteiger partial charge in [0.2, 0.25) is 5.91 Å². The molecule has 1 N–H and O–H groups in total. The van der Waals surface area contributed by atoms with Crippen molar-refractivity contribution in [3.8, 4) is 17.6 Å². The zero-order valence-corrected chi connectivity index (χ0v) is 20.0. The number of aliphatic hydroxyl groups is 1. The molecule has 2 aromatic rings. The van der Waals surface area contributed by atoms with Crippen molar-refractivity contribution in [1.82, 2.24) is 9.88 Å². The molecule has 0 bridgehead atoms. The van der Waals surface area contributed by atoms with E-state index in [9.17, 15) is 9.90 Å². The Bertz CT molecular complexity index is 1080. The van der Waals surface area contributed by atoms with Gasteiger partial charge in [-0.3, -0.25) is 4.79 Å². The normalized spacial score (nSPS) is 22.3. The molecule has 1 aromatic carbocycles. The number of carbonyl (C=O) groups excluding carboxylic acids is 1.